The molecule has 0 unspecified atom stereocenters. The number of halogens is 1. The second-order valence-electron chi connectivity index (χ2n) is 4.22. The predicted molar refractivity (Wildman–Crippen MR) is 84.2 cm³/mol. The molecular formula is C14H17BrN2S. The van der Waals surface area contributed by atoms with Crippen LogP contribution in [0, 0.1) is 0 Å². The normalized spacial score (nSPS) is 10.6. The molecule has 0 amide bonds. The lowest BCUT2D eigenvalue weighted by molar-refractivity contribution is 0.774. The maximum absolute atomic E-state index is 5.73. The minimum absolute atomic E-state index is 0.814. The fourth-order valence-electron chi connectivity index (χ4n) is 1.88. The van der Waals surface area contributed by atoms with Crippen LogP contribution in [0.5, 0.6) is 0 Å². The summed E-state index contributed by atoms with van der Waals surface area (Å²) in [6.45, 7) is 4.21. The van der Waals surface area contributed by atoms with Crippen LogP contribution in [-0.4, -0.2) is 6.54 Å². The first-order valence-electron chi connectivity index (χ1n) is 6.03. The third-order valence-electron chi connectivity index (χ3n) is 2.73. The van der Waals surface area contributed by atoms with Crippen molar-refractivity contribution < 1.29 is 0 Å². The molecule has 4 heteroatoms. The number of anilines is 2. The predicted octanol–water partition coefficient (Wildman–Crippen LogP) is 4.51. The Morgan fingerprint density at radius 2 is 1.89 bits per heavy atom. The number of nitrogens with two attached hydrogens (primary N) is 1. The van der Waals surface area contributed by atoms with Gasteiger partial charge < -0.3 is 10.6 Å². The van der Waals surface area contributed by atoms with Gasteiger partial charge >= 0.3 is 0 Å². The van der Waals surface area contributed by atoms with Gasteiger partial charge in [0.15, 0.2) is 0 Å². The maximum Gasteiger partial charge on any atom is 0.0702 e. The summed E-state index contributed by atoms with van der Waals surface area (Å²) in [6.07, 6.45) is 1.14. The van der Waals surface area contributed by atoms with Crippen LogP contribution in [0.2, 0.25) is 0 Å². The van der Waals surface area contributed by atoms with Crippen LogP contribution >= 0.6 is 27.3 Å². The Balaban J connectivity index is 2.14. The van der Waals surface area contributed by atoms with Crippen molar-refractivity contribution in [3.8, 4) is 0 Å². The lowest BCUT2D eigenvalue weighted by atomic mass is 10.2. The SMILES string of the molecule is CCCN(Cc1ccc(Br)s1)c1ccc(N)cc1. The zero-order valence-electron chi connectivity index (χ0n) is 10.4. The first-order valence-corrected chi connectivity index (χ1v) is 7.64. The number of nitrogens with zero attached hydrogens (tertiary/aromatic N) is 1. The molecule has 1 aromatic carbocycles. The molecule has 0 saturated heterocycles. The first-order chi connectivity index (χ1) is 8.69. The summed E-state index contributed by atoms with van der Waals surface area (Å²) in [7, 11) is 0. The van der Waals surface area contributed by atoms with Gasteiger partial charge in [0.25, 0.3) is 0 Å². The Bertz CT molecular complexity index is 493. The van der Waals surface area contributed by atoms with Crippen LogP contribution < -0.4 is 10.6 Å². The van der Waals surface area contributed by atoms with Crippen molar-refractivity contribution in [3.63, 3.8) is 0 Å². The Kier molecular flexibility index (Phi) is 4.66. The Labute approximate surface area is 121 Å². The third kappa shape index (κ3) is 3.50. The molecule has 0 aliphatic rings. The highest BCUT2D eigenvalue weighted by molar-refractivity contribution is 9.11. The summed E-state index contributed by atoms with van der Waals surface area (Å²) in [5.41, 5.74) is 7.78. The summed E-state index contributed by atoms with van der Waals surface area (Å²) >= 11 is 5.30. The lowest BCUT2D eigenvalue weighted by Gasteiger charge is -2.23. The molecule has 2 rings (SSSR count). The van der Waals surface area contributed by atoms with E-state index in [1.807, 2.05) is 12.1 Å². The monoisotopic (exact) mass is 324 g/mol. The van der Waals surface area contributed by atoms with Crippen molar-refractivity contribution >= 4 is 38.6 Å². The minimum Gasteiger partial charge on any atom is -0.399 e. The van der Waals surface area contributed by atoms with Crippen LogP contribution in [0.3, 0.4) is 0 Å². The van der Waals surface area contributed by atoms with Crippen LogP contribution in [-0.2, 0) is 6.54 Å². The standard InChI is InChI=1S/C14H17BrN2S/c1-2-9-17(10-13-7-8-14(15)18-13)12-5-3-11(16)4-6-12/h3-8H,2,9-10,16H2,1H3. The molecular weight excluding hydrogens is 308 g/mol. The second kappa shape index (κ2) is 6.25. The highest BCUT2D eigenvalue weighted by atomic mass is 79.9. The van der Waals surface area contributed by atoms with Gasteiger partial charge in [-0.3, -0.25) is 0 Å². The number of benzene rings is 1. The van der Waals surface area contributed by atoms with Gasteiger partial charge in [-0.1, -0.05) is 6.92 Å². The van der Waals surface area contributed by atoms with E-state index in [0.717, 1.165) is 25.2 Å². The molecule has 0 bridgehead atoms. The molecule has 1 aromatic heterocycles. The highest BCUT2D eigenvalue weighted by Gasteiger charge is 2.08. The van der Waals surface area contributed by atoms with E-state index in [0.29, 0.717) is 0 Å². The van der Waals surface area contributed by atoms with Gasteiger partial charge in [0.2, 0.25) is 0 Å². The topological polar surface area (TPSA) is 29.3 Å². The number of rotatable bonds is 5. The quantitative estimate of drug-likeness (QED) is 0.820. The summed E-state index contributed by atoms with van der Waals surface area (Å²) in [6, 6.07) is 12.4. The average Bonchev–Trinajstić information content (AvgIpc) is 2.75. The van der Waals surface area contributed by atoms with Gasteiger partial charge in [0.1, 0.15) is 0 Å². The van der Waals surface area contributed by atoms with E-state index in [4.69, 9.17) is 5.73 Å². The summed E-state index contributed by atoms with van der Waals surface area (Å²) in [5, 5.41) is 0. The van der Waals surface area contributed by atoms with Gasteiger partial charge in [-0.05, 0) is 58.7 Å². The molecule has 0 aliphatic carbocycles. The van der Waals surface area contributed by atoms with Crippen molar-refractivity contribution in [2.45, 2.75) is 19.9 Å². The molecule has 96 valence electrons. The molecule has 2 nitrogen and oxygen atoms in total. The van der Waals surface area contributed by atoms with Crippen molar-refractivity contribution in [3.05, 3.63) is 45.1 Å². The third-order valence-corrected chi connectivity index (χ3v) is 4.34. The zero-order chi connectivity index (χ0) is 13.0. The number of hydrogen-bond acceptors (Lipinski definition) is 3. The van der Waals surface area contributed by atoms with E-state index in [1.54, 1.807) is 11.3 Å². The minimum atomic E-state index is 0.814. The molecule has 0 radical (unpaired) electrons. The van der Waals surface area contributed by atoms with E-state index < -0.39 is 0 Å². The van der Waals surface area contributed by atoms with E-state index in [2.05, 4.69) is 52.0 Å². The molecule has 1 heterocycles. The van der Waals surface area contributed by atoms with Gasteiger partial charge in [0.05, 0.1) is 10.3 Å². The second-order valence-corrected chi connectivity index (χ2v) is 6.77. The molecule has 2 aromatic rings. The summed E-state index contributed by atoms with van der Waals surface area (Å²) < 4.78 is 1.19. The Morgan fingerprint density at radius 1 is 1.17 bits per heavy atom. The van der Waals surface area contributed by atoms with Gasteiger partial charge in [0, 0.05) is 22.8 Å². The maximum atomic E-state index is 5.73. The first kappa shape index (κ1) is 13.4. The van der Waals surface area contributed by atoms with Gasteiger partial charge in [-0.25, -0.2) is 0 Å². The van der Waals surface area contributed by atoms with E-state index >= 15 is 0 Å². The molecule has 2 N–H and O–H groups in total. The van der Waals surface area contributed by atoms with Crippen molar-refractivity contribution in [2.24, 2.45) is 0 Å². The molecule has 0 aliphatic heterocycles. The van der Waals surface area contributed by atoms with Gasteiger partial charge in [-0.2, -0.15) is 0 Å². The summed E-state index contributed by atoms with van der Waals surface area (Å²) in [5.74, 6) is 0. The van der Waals surface area contributed by atoms with Crippen LogP contribution in [0.15, 0.2) is 40.2 Å². The number of thiophene rings is 1. The number of hydrogen-bond donors (Lipinski definition) is 1. The van der Waals surface area contributed by atoms with Crippen molar-refractivity contribution in [1.29, 1.82) is 0 Å². The van der Waals surface area contributed by atoms with Crippen molar-refractivity contribution in [1.82, 2.24) is 0 Å². The smallest absolute Gasteiger partial charge is 0.0702 e. The fraction of sp³-hybridized carbons (Fsp3) is 0.286. The Morgan fingerprint density at radius 3 is 2.44 bits per heavy atom. The largest absolute Gasteiger partial charge is 0.399 e. The fourth-order valence-corrected chi connectivity index (χ4v) is 3.38. The van der Waals surface area contributed by atoms with Gasteiger partial charge in [-0.15, -0.1) is 11.3 Å². The van der Waals surface area contributed by atoms with E-state index in [1.165, 1.54) is 14.4 Å². The number of nitrogen functional groups attached to an aromatic ring is 1. The van der Waals surface area contributed by atoms with Crippen molar-refractivity contribution in [2.75, 3.05) is 17.2 Å². The average molecular weight is 325 g/mol. The molecule has 0 atom stereocenters. The molecule has 0 fully saturated rings. The summed E-state index contributed by atoms with van der Waals surface area (Å²) in [4.78, 5) is 3.75. The molecule has 0 saturated carbocycles. The van der Waals surface area contributed by atoms with E-state index in [-0.39, 0.29) is 0 Å². The van der Waals surface area contributed by atoms with Crippen LogP contribution in [0.25, 0.3) is 0 Å². The zero-order valence-corrected chi connectivity index (χ0v) is 12.8. The highest BCUT2D eigenvalue weighted by Crippen LogP contribution is 2.26. The molecule has 18 heavy (non-hydrogen) atoms. The van der Waals surface area contributed by atoms with Crippen LogP contribution in [0.4, 0.5) is 11.4 Å². The van der Waals surface area contributed by atoms with E-state index in [9.17, 15) is 0 Å². The van der Waals surface area contributed by atoms with Crippen LogP contribution in [0.1, 0.15) is 18.2 Å². The Hall–Kier alpha value is -1.00. The lowest BCUT2D eigenvalue weighted by Crippen LogP contribution is -2.22. The molecule has 0 spiro atoms.